The molecular formula is C26H35N5. The molecule has 1 aliphatic heterocycles. The van der Waals surface area contributed by atoms with E-state index in [0.717, 1.165) is 18.9 Å². The molecule has 1 unspecified atom stereocenters. The lowest BCUT2D eigenvalue weighted by Crippen LogP contribution is -2.28. The summed E-state index contributed by atoms with van der Waals surface area (Å²) in [5, 5.41) is 9.02. The van der Waals surface area contributed by atoms with Crippen LogP contribution < -0.4 is 9.80 Å². The minimum Gasteiger partial charge on any atom is -0.351 e. The summed E-state index contributed by atoms with van der Waals surface area (Å²) >= 11 is 0. The van der Waals surface area contributed by atoms with Crippen molar-refractivity contribution in [3.63, 3.8) is 0 Å². The molecule has 0 saturated carbocycles. The first kappa shape index (κ1) is 21.4. The highest BCUT2D eigenvalue weighted by molar-refractivity contribution is 5.67. The highest BCUT2D eigenvalue weighted by Crippen LogP contribution is 2.40. The molecule has 0 bridgehead atoms. The number of hydrogen-bond acceptors (Lipinski definition) is 4. The molecule has 0 N–H and O–H groups in total. The van der Waals surface area contributed by atoms with Crippen LogP contribution in [0, 0.1) is 41.5 Å². The molecule has 1 atom stereocenters. The molecule has 3 aromatic rings. The van der Waals surface area contributed by atoms with E-state index >= 15 is 0 Å². The summed E-state index contributed by atoms with van der Waals surface area (Å²) in [6, 6.07) is 9.61. The monoisotopic (exact) mass is 417 g/mol. The number of aryl methyl sites for hydroxylation is 6. The van der Waals surface area contributed by atoms with Crippen LogP contribution in [0.5, 0.6) is 0 Å². The van der Waals surface area contributed by atoms with E-state index < -0.39 is 0 Å². The van der Waals surface area contributed by atoms with Crippen LogP contribution in [-0.4, -0.2) is 28.2 Å². The van der Waals surface area contributed by atoms with Gasteiger partial charge in [0.25, 0.3) is 0 Å². The lowest BCUT2D eigenvalue weighted by atomic mass is 10.0. The zero-order valence-corrected chi connectivity index (χ0v) is 20.2. The molecule has 2 aromatic carbocycles. The number of rotatable bonds is 4. The molecule has 0 spiro atoms. The van der Waals surface area contributed by atoms with Crippen molar-refractivity contribution in [2.75, 3.05) is 23.0 Å². The van der Waals surface area contributed by atoms with Crippen LogP contribution in [0.15, 0.2) is 30.5 Å². The number of aromatic nitrogens is 3. The average molecular weight is 418 g/mol. The predicted molar refractivity (Wildman–Crippen MR) is 129 cm³/mol. The van der Waals surface area contributed by atoms with E-state index in [1.807, 2.05) is 4.68 Å². The van der Waals surface area contributed by atoms with Crippen LogP contribution in [0.25, 0.3) is 0 Å². The number of hydrogen-bond donors (Lipinski definition) is 0. The van der Waals surface area contributed by atoms with Gasteiger partial charge < -0.3 is 9.80 Å². The van der Waals surface area contributed by atoms with E-state index in [1.54, 1.807) is 0 Å². The van der Waals surface area contributed by atoms with Gasteiger partial charge in [-0.2, -0.15) is 0 Å². The molecule has 1 aromatic heterocycles. The van der Waals surface area contributed by atoms with E-state index in [1.165, 1.54) is 44.8 Å². The number of nitrogens with zero attached hydrogens (tertiary/aromatic N) is 5. The molecule has 0 amide bonds. The van der Waals surface area contributed by atoms with Gasteiger partial charge in [0.05, 0.1) is 18.9 Å². The second kappa shape index (κ2) is 8.03. The van der Waals surface area contributed by atoms with Gasteiger partial charge in [0.15, 0.2) is 0 Å². The second-order valence-corrected chi connectivity index (χ2v) is 9.56. The third kappa shape index (κ3) is 3.93. The highest BCUT2D eigenvalue weighted by atomic mass is 15.5. The van der Waals surface area contributed by atoms with Crippen LogP contribution in [0.2, 0.25) is 0 Å². The minimum atomic E-state index is 0.160. The average Bonchev–Trinajstić information content (AvgIpc) is 3.27. The second-order valence-electron chi connectivity index (χ2n) is 9.56. The summed E-state index contributed by atoms with van der Waals surface area (Å²) in [6.07, 6.45) is 2.12. The van der Waals surface area contributed by atoms with Gasteiger partial charge in [0, 0.05) is 24.0 Å². The van der Waals surface area contributed by atoms with Gasteiger partial charge in [-0.25, -0.2) is 4.68 Å². The Morgan fingerprint density at radius 3 is 1.81 bits per heavy atom. The smallest absolute Gasteiger partial charge is 0.107 e. The first-order valence-electron chi connectivity index (χ1n) is 11.2. The molecule has 1 fully saturated rings. The van der Waals surface area contributed by atoms with Crippen molar-refractivity contribution in [1.29, 1.82) is 0 Å². The van der Waals surface area contributed by atoms with Crippen LogP contribution in [0.4, 0.5) is 11.4 Å². The van der Waals surface area contributed by atoms with E-state index in [4.69, 9.17) is 0 Å². The number of anilines is 2. The van der Waals surface area contributed by atoms with Crippen LogP contribution in [0.1, 0.15) is 65.0 Å². The largest absolute Gasteiger partial charge is 0.351 e. The van der Waals surface area contributed by atoms with E-state index in [-0.39, 0.29) is 6.04 Å². The highest BCUT2D eigenvalue weighted by Gasteiger charge is 2.36. The maximum atomic E-state index is 4.60. The molecule has 0 radical (unpaired) electrons. The summed E-state index contributed by atoms with van der Waals surface area (Å²) in [5.74, 6) is 0. The lowest BCUT2D eigenvalue weighted by molar-refractivity contribution is 0.514. The quantitative estimate of drug-likeness (QED) is 0.543. The standard InChI is InChI=1S/C26H35N5/c1-16(2)31-13-23(27-28-31)24-14-29(25-19(5)9-17(3)10-20(25)6)15-30(24)26-21(7)11-18(4)12-22(26)8/h9-13,16,24H,14-15H2,1-8H3. The fourth-order valence-corrected chi connectivity index (χ4v) is 5.28. The molecule has 31 heavy (non-hydrogen) atoms. The molecular weight excluding hydrogens is 382 g/mol. The molecule has 1 saturated heterocycles. The SMILES string of the molecule is Cc1cc(C)c(N2CC(c3cn(C(C)C)nn3)N(c3c(C)cc(C)cc3C)C2)c(C)c1. The van der Waals surface area contributed by atoms with Crippen LogP contribution in [-0.2, 0) is 0 Å². The fraction of sp³-hybridized carbons (Fsp3) is 0.462. The Balaban J connectivity index is 1.81. The summed E-state index contributed by atoms with van der Waals surface area (Å²) < 4.78 is 1.97. The zero-order chi connectivity index (χ0) is 22.4. The first-order valence-corrected chi connectivity index (χ1v) is 11.2. The Hall–Kier alpha value is -2.82. The van der Waals surface area contributed by atoms with Crippen molar-refractivity contribution in [3.8, 4) is 0 Å². The van der Waals surface area contributed by atoms with Crippen molar-refractivity contribution in [1.82, 2.24) is 15.0 Å². The van der Waals surface area contributed by atoms with Crippen molar-refractivity contribution in [2.24, 2.45) is 0 Å². The Bertz CT molecular complexity index is 1060. The van der Waals surface area contributed by atoms with Crippen molar-refractivity contribution in [3.05, 3.63) is 69.5 Å². The summed E-state index contributed by atoms with van der Waals surface area (Å²) in [4.78, 5) is 5.04. The molecule has 1 aliphatic rings. The molecule has 0 aliphatic carbocycles. The minimum absolute atomic E-state index is 0.160. The van der Waals surface area contributed by atoms with Crippen LogP contribution >= 0.6 is 0 Å². The lowest BCUT2D eigenvalue weighted by Gasteiger charge is -2.28. The Labute approximate surface area is 186 Å². The van der Waals surface area contributed by atoms with Crippen molar-refractivity contribution >= 4 is 11.4 Å². The maximum Gasteiger partial charge on any atom is 0.107 e. The molecule has 164 valence electrons. The first-order chi connectivity index (χ1) is 14.7. The summed E-state index contributed by atoms with van der Waals surface area (Å²) in [6.45, 7) is 19.3. The number of benzene rings is 2. The van der Waals surface area contributed by atoms with Crippen molar-refractivity contribution in [2.45, 2.75) is 67.5 Å². The third-order valence-electron chi connectivity index (χ3n) is 6.37. The van der Waals surface area contributed by atoms with Gasteiger partial charge in [0.1, 0.15) is 5.69 Å². The maximum absolute atomic E-state index is 4.60. The van der Waals surface area contributed by atoms with Gasteiger partial charge in [0.2, 0.25) is 0 Å². The normalized spacial score (nSPS) is 16.6. The topological polar surface area (TPSA) is 37.2 Å². The van der Waals surface area contributed by atoms with Crippen molar-refractivity contribution < 1.29 is 0 Å². The van der Waals surface area contributed by atoms with E-state index in [9.17, 15) is 0 Å². The van der Waals surface area contributed by atoms with Gasteiger partial charge in [-0.1, -0.05) is 40.6 Å². The predicted octanol–water partition coefficient (Wildman–Crippen LogP) is 5.73. The van der Waals surface area contributed by atoms with Gasteiger partial charge in [-0.05, 0) is 77.6 Å². The summed E-state index contributed by atoms with van der Waals surface area (Å²) in [7, 11) is 0. The Morgan fingerprint density at radius 2 is 1.32 bits per heavy atom. The molecule has 5 nitrogen and oxygen atoms in total. The molecule has 4 rings (SSSR count). The van der Waals surface area contributed by atoms with Gasteiger partial charge in [-0.15, -0.1) is 5.10 Å². The van der Waals surface area contributed by atoms with Gasteiger partial charge >= 0.3 is 0 Å². The zero-order valence-electron chi connectivity index (χ0n) is 20.2. The third-order valence-corrected chi connectivity index (χ3v) is 6.37. The Kier molecular flexibility index (Phi) is 5.54. The van der Waals surface area contributed by atoms with Gasteiger partial charge in [-0.3, -0.25) is 0 Å². The molecule has 2 heterocycles. The Morgan fingerprint density at radius 1 is 0.806 bits per heavy atom. The van der Waals surface area contributed by atoms with E-state index in [2.05, 4.69) is 106 Å². The fourth-order valence-electron chi connectivity index (χ4n) is 5.28. The van der Waals surface area contributed by atoms with E-state index in [0.29, 0.717) is 6.04 Å². The molecule has 5 heteroatoms. The van der Waals surface area contributed by atoms with Crippen LogP contribution in [0.3, 0.4) is 0 Å². The summed E-state index contributed by atoms with van der Waals surface area (Å²) in [5.41, 5.74) is 11.6.